The first kappa shape index (κ1) is 25.2. The van der Waals surface area contributed by atoms with Crippen LogP contribution in [-0.2, 0) is 9.47 Å². The largest absolute Gasteiger partial charge is 0.467 e. The summed E-state index contributed by atoms with van der Waals surface area (Å²) in [5.74, 6) is -2.05. The van der Waals surface area contributed by atoms with E-state index in [1.54, 1.807) is 47.0 Å². The number of hydrogen-bond acceptors (Lipinski definition) is 5. The number of methoxy groups -OCH3 is 1. The smallest absolute Gasteiger partial charge is 0.343 e. The van der Waals surface area contributed by atoms with Gasteiger partial charge in [0.25, 0.3) is 0 Å². The zero-order valence-electron chi connectivity index (χ0n) is 20.0. The van der Waals surface area contributed by atoms with Gasteiger partial charge in [-0.25, -0.2) is 13.6 Å². The summed E-state index contributed by atoms with van der Waals surface area (Å²) in [6.45, 7) is 0.929. The lowest BCUT2D eigenvalue weighted by molar-refractivity contribution is 0.0521. The minimum Gasteiger partial charge on any atom is -0.467 e. The van der Waals surface area contributed by atoms with Gasteiger partial charge in [-0.1, -0.05) is 29.8 Å². The van der Waals surface area contributed by atoms with Gasteiger partial charge in [-0.3, -0.25) is 0 Å². The van der Waals surface area contributed by atoms with Crippen molar-refractivity contribution in [2.45, 2.75) is 18.8 Å². The Hall–Kier alpha value is -3.46. The Morgan fingerprint density at radius 1 is 1.05 bits per heavy atom. The first-order valence-corrected chi connectivity index (χ1v) is 12.2. The highest BCUT2D eigenvalue weighted by atomic mass is 35.5. The van der Waals surface area contributed by atoms with Gasteiger partial charge in [-0.05, 0) is 49.2 Å². The lowest BCUT2D eigenvalue weighted by atomic mass is 9.95. The topological polar surface area (TPSA) is 58.9 Å². The molecule has 9 heteroatoms. The summed E-state index contributed by atoms with van der Waals surface area (Å²) >= 11 is 6.47. The van der Waals surface area contributed by atoms with Gasteiger partial charge in [0.05, 0.1) is 22.2 Å². The molecule has 1 saturated heterocycles. The molecule has 0 spiro atoms. The number of halogens is 3. The molecule has 1 aliphatic rings. The van der Waals surface area contributed by atoms with Crippen molar-refractivity contribution in [1.29, 1.82) is 0 Å². The zero-order valence-corrected chi connectivity index (χ0v) is 20.8. The predicted octanol–water partition coefficient (Wildman–Crippen LogP) is 6.66. The molecule has 0 unspecified atom stereocenters. The molecule has 0 aliphatic carbocycles. The summed E-state index contributed by atoms with van der Waals surface area (Å²) in [5.41, 5.74) is 1.86. The summed E-state index contributed by atoms with van der Waals surface area (Å²) in [6, 6.07) is 15.5. The van der Waals surface area contributed by atoms with E-state index in [1.165, 1.54) is 13.2 Å². The van der Waals surface area contributed by atoms with Gasteiger partial charge in [0, 0.05) is 43.0 Å². The van der Waals surface area contributed by atoms with E-state index in [4.69, 9.17) is 30.5 Å². The van der Waals surface area contributed by atoms with Crippen LogP contribution in [0.2, 0.25) is 5.02 Å². The van der Waals surface area contributed by atoms with Crippen molar-refractivity contribution in [1.82, 2.24) is 4.57 Å². The molecule has 0 N–H and O–H groups in total. The third-order valence-corrected chi connectivity index (χ3v) is 6.51. The van der Waals surface area contributed by atoms with E-state index in [9.17, 15) is 13.6 Å². The Balaban J connectivity index is 1.81. The van der Waals surface area contributed by atoms with Gasteiger partial charge in [-0.15, -0.1) is 0 Å². The van der Waals surface area contributed by atoms with Crippen molar-refractivity contribution in [2.24, 2.45) is 0 Å². The normalized spacial score (nSPS) is 14.2. The van der Waals surface area contributed by atoms with Crippen molar-refractivity contribution in [3.05, 3.63) is 88.6 Å². The second-order valence-electron chi connectivity index (χ2n) is 8.64. The maximum absolute atomic E-state index is 14.4. The average Bonchev–Trinajstić information content (AvgIpc) is 3.23. The second-order valence-corrected chi connectivity index (χ2v) is 9.08. The van der Waals surface area contributed by atoms with Crippen molar-refractivity contribution in [3.63, 3.8) is 0 Å². The highest BCUT2D eigenvalue weighted by molar-refractivity contribution is 6.31. The molecule has 1 fully saturated rings. The SMILES string of the molecule is COCOc1cc(Cl)cc2c1c(OC(=O)c1ccccc1)c(C1CCOCC1)n2-c1ccc(F)c(F)c1. The Morgan fingerprint density at radius 3 is 2.51 bits per heavy atom. The van der Waals surface area contributed by atoms with Crippen LogP contribution in [0.25, 0.3) is 16.6 Å². The maximum Gasteiger partial charge on any atom is 0.343 e. The minimum absolute atomic E-state index is 0.0789. The molecule has 192 valence electrons. The molecule has 0 amide bonds. The first-order valence-electron chi connectivity index (χ1n) is 11.8. The lowest BCUT2D eigenvalue weighted by Crippen LogP contribution is -2.19. The number of aromatic nitrogens is 1. The number of esters is 1. The van der Waals surface area contributed by atoms with Gasteiger partial charge in [0.2, 0.25) is 0 Å². The highest BCUT2D eigenvalue weighted by Gasteiger charge is 2.32. The molecule has 0 atom stereocenters. The summed E-state index contributed by atoms with van der Waals surface area (Å²) in [7, 11) is 1.48. The molecule has 3 aromatic carbocycles. The summed E-state index contributed by atoms with van der Waals surface area (Å²) in [4.78, 5) is 13.3. The third kappa shape index (κ3) is 5.05. The van der Waals surface area contributed by atoms with Crippen LogP contribution in [0.15, 0.2) is 60.7 Å². The summed E-state index contributed by atoms with van der Waals surface area (Å²) in [6.07, 6.45) is 1.27. The quantitative estimate of drug-likeness (QED) is 0.199. The molecular weight excluding hydrogens is 504 g/mol. The fraction of sp³-hybridized carbons (Fsp3) is 0.250. The number of hydrogen-bond donors (Lipinski definition) is 0. The van der Waals surface area contributed by atoms with Crippen LogP contribution in [-0.4, -0.2) is 37.7 Å². The van der Waals surface area contributed by atoms with Crippen molar-refractivity contribution in [3.8, 4) is 17.2 Å². The van der Waals surface area contributed by atoms with E-state index in [0.29, 0.717) is 64.7 Å². The van der Waals surface area contributed by atoms with Crippen molar-refractivity contribution in [2.75, 3.05) is 27.1 Å². The van der Waals surface area contributed by atoms with Crippen LogP contribution < -0.4 is 9.47 Å². The van der Waals surface area contributed by atoms with Crippen LogP contribution in [0.1, 0.15) is 34.8 Å². The molecular formula is C28H24ClF2NO5. The predicted molar refractivity (Wildman–Crippen MR) is 135 cm³/mol. The molecule has 5 rings (SSSR count). The van der Waals surface area contributed by atoms with Gasteiger partial charge in [0.1, 0.15) is 5.75 Å². The van der Waals surface area contributed by atoms with Crippen LogP contribution in [0, 0.1) is 11.6 Å². The monoisotopic (exact) mass is 527 g/mol. The number of benzene rings is 3. The maximum atomic E-state index is 14.4. The van der Waals surface area contributed by atoms with Crippen LogP contribution >= 0.6 is 11.6 Å². The van der Waals surface area contributed by atoms with Crippen molar-refractivity contribution >= 4 is 28.5 Å². The van der Waals surface area contributed by atoms with E-state index in [2.05, 4.69) is 0 Å². The van der Waals surface area contributed by atoms with Gasteiger partial charge >= 0.3 is 5.97 Å². The Morgan fingerprint density at radius 2 is 1.81 bits per heavy atom. The van der Waals surface area contributed by atoms with E-state index in [-0.39, 0.29) is 18.5 Å². The standard InChI is InChI=1S/C28H24ClF2NO5/c1-34-16-36-24-14-19(29)13-23-25(24)27(37-28(33)18-5-3-2-4-6-18)26(17-9-11-35-12-10-17)32(23)20-7-8-21(30)22(31)15-20/h2-8,13-15,17H,9-12,16H2,1H3. The van der Waals surface area contributed by atoms with E-state index >= 15 is 0 Å². The number of carbonyl (C=O) groups is 1. The Labute approximate surface area is 217 Å². The molecule has 6 nitrogen and oxygen atoms in total. The highest BCUT2D eigenvalue weighted by Crippen LogP contribution is 2.48. The molecule has 37 heavy (non-hydrogen) atoms. The fourth-order valence-corrected chi connectivity index (χ4v) is 4.84. The molecule has 4 aromatic rings. The van der Waals surface area contributed by atoms with Gasteiger partial charge in [-0.2, -0.15) is 0 Å². The number of nitrogens with zero attached hydrogens (tertiary/aromatic N) is 1. The third-order valence-electron chi connectivity index (χ3n) is 6.29. The number of fused-ring (bicyclic) bond motifs is 1. The number of carbonyl (C=O) groups excluding carboxylic acids is 1. The number of ether oxygens (including phenoxy) is 4. The molecule has 2 heterocycles. The average molecular weight is 528 g/mol. The van der Waals surface area contributed by atoms with Crippen LogP contribution in [0.3, 0.4) is 0 Å². The van der Waals surface area contributed by atoms with Crippen LogP contribution in [0.4, 0.5) is 8.78 Å². The lowest BCUT2D eigenvalue weighted by Gasteiger charge is -2.25. The molecule has 0 radical (unpaired) electrons. The van der Waals surface area contributed by atoms with E-state index in [1.807, 2.05) is 0 Å². The van der Waals surface area contributed by atoms with Gasteiger partial charge in [0.15, 0.2) is 24.2 Å². The molecule has 1 aromatic heterocycles. The Kier molecular flexibility index (Phi) is 7.41. The zero-order chi connectivity index (χ0) is 25.9. The summed E-state index contributed by atoms with van der Waals surface area (Å²) in [5, 5.41) is 0.816. The van der Waals surface area contributed by atoms with E-state index in [0.717, 1.165) is 12.1 Å². The Bertz CT molecular complexity index is 1430. The minimum atomic E-state index is -1.00. The molecule has 1 aliphatic heterocycles. The fourth-order valence-electron chi connectivity index (χ4n) is 4.64. The van der Waals surface area contributed by atoms with Crippen LogP contribution in [0.5, 0.6) is 11.5 Å². The molecule has 0 saturated carbocycles. The van der Waals surface area contributed by atoms with E-state index < -0.39 is 17.6 Å². The van der Waals surface area contributed by atoms with Crippen molar-refractivity contribution < 1.29 is 32.5 Å². The van der Waals surface area contributed by atoms with Gasteiger partial charge < -0.3 is 23.5 Å². The first-order chi connectivity index (χ1) is 18.0. The number of rotatable bonds is 7. The molecule has 0 bridgehead atoms. The summed E-state index contributed by atoms with van der Waals surface area (Å²) < 4.78 is 52.7. The second kappa shape index (κ2) is 10.9.